The van der Waals surface area contributed by atoms with Gasteiger partial charge in [-0.15, -0.1) is 10.6 Å². The Bertz CT molecular complexity index is 178. The van der Waals surface area contributed by atoms with Gasteiger partial charge in [-0.05, 0) is 6.42 Å². The highest BCUT2D eigenvalue weighted by molar-refractivity contribution is 5.83. The average Bonchev–Trinajstić information content (AvgIpc) is 2.39. The summed E-state index contributed by atoms with van der Waals surface area (Å²) in [5, 5.41) is 3.82. The van der Waals surface area contributed by atoms with Gasteiger partial charge in [-0.25, -0.2) is 5.53 Å². The van der Waals surface area contributed by atoms with Gasteiger partial charge in [-0.2, -0.15) is 0 Å². The van der Waals surface area contributed by atoms with Crippen molar-refractivity contribution >= 4 is 11.7 Å². The first-order chi connectivity index (χ1) is 5.29. The second-order valence-corrected chi connectivity index (χ2v) is 2.24. The van der Waals surface area contributed by atoms with Crippen molar-refractivity contribution in [2.75, 3.05) is 0 Å². The molecule has 1 aliphatic rings. The maximum absolute atomic E-state index is 10.3. The molecule has 1 rings (SSSR count). The molecule has 0 aromatic carbocycles. The molecule has 0 atom stereocenters. The van der Waals surface area contributed by atoms with Crippen molar-refractivity contribution in [2.45, 2.75) is 19.3 Å². The quantitative estimate of drug-likeness (QED) is 0.402. The number of carbonyl (C=O) groups is 1. The summed E-state index contributed by atoms with van der Waals surface area (Å²) in [5.74, 6) is 0.524. The van der Waals surface area contributed by atoms with Crippen LogP contribution >= 0.6 is 0 Å². The van der Waals surface area contributed by atoms with Crippen molar-refractivity contribution in [3.8, 4) is 0 Å². The molecule has 0 aromatic heterocycles. The van der Waals surface area contributed by atoms with E-state index in [-0.39, 0.29) is 5.91 Å². The molecule has 0 bridgehead atoms. The first-order valence-electron chi connectivity index (χ1n) is 3.40. The lowest BCUT2D eigenvalue weighted by molar-refractivity contribution is -0.118. The zero-order chi connectivity index (χ0) is 8.10. The number of rotatable bonds is 4. The standard InChI is InChI=1S/C5H11N5O/c6-4(11)2-1-3-5-7-9-10-8-5/h9-10H,1-3H2,(H2,6,11)(H,7,8). The minimum absolute atomic E-state index is 0.274. The summed E-state index contributed by atoms with van der Waals surface area (Å²) >= 11 is 0. The van der Waals surface area contributed by atoms with E-state index in [0.29, 0.717) is 6.42 Å². The van der Waals surface area contributed by atoms with E-state index in [1.807, 2.05) is 0 Å². The lowest BCUT2D eigenvalue weighted by atomic mass is 10.2. The molecule has 1 heterocycles. The van der Waals surface area contributed by atoms with Crippen molar-refractivity contribution in [1.29, 1.82) is 0 Å². The van der Waals surface area contributed by atoms with Crippen molar-refractivity contribution < 1.29 is 4.79 Å². The van der Waals surface area contributed by atoms with Gasteiger partial charge < -0.3 is 5.73 Å². The van der Waals surface area contributed by atoms with Crippen LogP contribution in [0.4, 0.5) is 0 Å². The predicted octanol–water partition coefficient (Wildman–Crippen LogP) is -1.43. The molecule has 0 radical (unpaired) electrons. The van der Waals surface area contributed by atoms with Crippen LogP contribution < -0.4 is 22.2 Å². The predicted molar refractivity (Wildman–Crippen MR) is 39.9 cm³/mol. The maximum Gasteiger partial charge on any atom is 0.217 e. The summed E-state index contributed by atoms with van der Waals surface area (Å²) in [7, 11) is 0. The lowest BCUT2D eigenvalue weighted by Gasteiger charge is -1.97. The number of carbonyl (C=O) groups excluding carboxylic acids is 1. The van der Waals surface area contributed by atoms with Crippen LogP contribution in [-0.2, 0) is 4.79 Å². The summed E-state index contributed by atoms with van der Waals surface area (Å²) in [6.07, 6.45) is 1.86. The van der Waals surface area contributed by atoms with E-state index in [4.69, 9.17) is 5.73 Å². The van der Waals surface area contributed by atoms with Crippen molar-refractivity contribution in [1.82, 2.24) is 16.5 Å². The summed E-state index contributed by atoms with van der Waals surface area (Å²) in [6, 6.07) is 0. The zero-order valence-corrected chi connectivity index (χ0v) is 6.05. The molecule has 1 amide bonds. The molecule has 0 saturated carbocycles. The van der Waals surface area contributed by atoms with Gasteiger partial charge >= 0.3 is 0 Å². The molecule has 0 saturated heterocycles. The summed E-state index contributed by atoms with van der Waals surface area (Å²) in [5.41, 5.74) is 12.8. The van der Waals surface area contributed by atoms with E-state index in [2.05, 4.69) is 21.6 Å². The molecule has 0 unspecified atom stereocenters. The monoisotopic (exact) mass is 157 g/mol. The molecule has 0 aliphatic carbocycles. The van der Waals surface area contributed by atoms with Gasteiger partial charge in [0.2, 0.25) is 5.91 Å². The Morgan fingerprint density at radius 2 is 2.45 bits per heavy atom. The molecular weight excluding hydrogens is 146 g/mol. The third-order valence-electron chi connectivity index (χ3n) is 1.29. The number of amides is 1. The van der Waals surface area contributed by atoms with E-state index in [0.717, 1.165) is 18.7 Å². The fourth-order valence-electron chi connectivity index (χ4n) is 0.772. The Morgan fingerprint density at radius 1 is 1.64 bits per heavy atom. The fourth-order valence-corrected chi connectivity index (χ4v) is 0.772. The van der Waals surface area contributed by atoms with Gasteiger partial charge in [0.25, 0.3) is 0 Å². The number of nitrogens with two attached hydrogens (primary N) is 1. The first-order valence-corrected chi connectivity index (χ1v) is 3.40. The number of hydrogen-bond donors (Lipinski definition) is 4. The highest BCUT2D eigenvalue weighted by Gasteiger charge is 2.03. The van der Waals surface area contributed by atoms with E-state index < -0.39 is 0 Å². The van der Waals surface area contributed by atoms with Crippen LogP contribution in [0.2, 0.25) is 0 Å². The second-order valence-electron chi connectivity index (χ2n) is 2.24. The average molecular weight is 157 g/mol. The van der Waals surface area contributed by atoms with Crippen LogP contribution in [0.1, 0.15) is 19.3 Å². The van der Waals surface area contributed by atoms with Crippen LogP contribution in [-0.4, -0.2) is 11.7 Å². The molecule has 1 aliphatic heterocycles. The van der Waals surface area contributed by atoms with Crippen molar-refractivity contribution in [2.24, 2.45) is 10.8 Å². The van der Waals surface area contributed by atoms with Gasteiger partial charge in [0, 0.05) is 12.8 Å². The topological polar surface area (TPSA) is 91.5 Å². The molecule has 5 N–H and O–H groups in total. The second kappa shape index (κ2) is 3.77. The number of nitrogens with zero attached hydrogens (tertiary/aromatic N) is 1. The third kappa shape index (κ3) is 2.85. The first kappa shape index (κ1) is 7.80. The SMILES string of the molecule is NC(=O)CCCC1=NNNN1. The number of amidine groups is 1. The van der Waals surface area contributed by atoms with E-state index in [9.17, 15) is 4.79 Å². The minimum Gasteiger partial charge on any atom is -0.370 e. The molecule has 0 spiro atoms. The molecule has 6 nitrogen and oxygen atoms in total. The van der Waals surface area contributed by atoms with Crippen molar-refractivity contribution in [3.63, 3.8) is 0 Å². The maximum atomic E-state index is 10.3. The van der Waals surface area contributed by atoms with Crippen LogP contribution in [0.3, 0.4) is 0 Å². The number of nitrogens with one attached hydrogen (secondary N) is 3. The Balaban J connectivity index is 2.07. The third-order valence-corrected chi connectivity index (χ3v) is 1.29. The van der Waals surface area contributed by atoms with E-state index >= 15 is 0 Å². The van der Waals surface area contributed by atoms with E-state index in [1.54, 1.807) is 0 Å². The molecule has 0 aromatic rings. The Kier molecular flexibility index (Phi) is 2.67. The number of primary amides is 1. The Hall–Kier alpha value is -1.30. The van der Waals surface area contributed by atoms with Gasteiger partial charge in [0.05, 0.1) is 0 Å². The summed E-state index contributed by atoms with van der Waals surface area (Å²) in [6.45, 7) is 0. The highest BCUT2D eigenvalue weighted by Crippen LogP contribution is 1.95. The minimum atomic E-state index is -0.274. The molecule has 0 fully saturated rings. The Labute approximate surface area is 64.1 Å². The zero-order valence-electron chi connectivity index (χ0n) is 6.05. The molecular formula is C5H11N5O. The van der Waals surface area contributed by atoms with Gasteiger partial charge in [-0.1, -0.05) is 0 Å². The van der Waals surface area contributed by atoms with Crippen LogP contribution in [0, 0.1) is 0 Å². The molecule has 6 heteroatoms. The summed E-state index contributed by atoms with van der Waals surface area (Å²) in [4.78, 5) is 10.3. The fraction of sp³-hybridized carbons (Fsp3) is 0.600. The largest absolute Gasteiger partial charge is 0.370 e. The molecule has 11 heavy (non-hydrogen) atoms. The van der Waals surface area contributed by atoms with E-state index in [1.165, 1.54) is 0 Å². The normalized spacial score (nSPS) is 15.1. The van der Waals surface area contributed by atoms with Gasteiger partial charge in [0.1, 0.15) is 5.84 Å². The highest BCUT2D eigenvalue weighted by atomic mass is 16.1. The number of hydrogen-bond acceptors (Lipinski definition) is 5. The molecule has 62 valence electrons. The van der Waals surface area contributed by atoms with Crippen LogP contribution in [0.15, 0.2) is 5.10 Å². The van der Waals surface area contributed by atoms with Crippen molar-refractivity contribution in [3.05, 3.63) is 0 Å². The van der Waals surface area contributed by atoms with Crippen LogP contribution in [0.25, 0.3) is 0 Å². The van der Waals surface area contributed by atoms with Gasteiger partial charge in [0.15, 0.2) is 0 Å². The number of hydrazine groups is 2. The van der Waals surface area contributed by atoms with Gasteiger partial charge in [-0.3, -0.25) is 10.2 Å². The summed E-state index contributed by atoms with van der Waals surface area (Å²) < 4.78 is 0. The lowest BCUT2D eigenvalue weighted by Crippen LogP contribution is -2.34. The smallest absolute Gasteiger partial charge is 0.217 e. The number of hydrazone groups is 1. The Morgan fingerprint density at radius 3 is 3.00 bits per heavy atom. The van der Waals surface area contributed by atoms with Crippen LogP contribution in [0.5, 0.6) is 0 Å².